The van der Waals surface area contributed by atoms with Gasteiger partial charge in [0.2, 0.25) is 5.91 Å². The number of H-pyrrole nitrogens is 1. The van der Waals surface area contributed by atoms with Gasteiger partial charge in [-0.05, 0) is 53.4 Å². The third-order valence-electron chi connectivity index (χ3n) is 7.56. The maximum atomic E-state index is 12.6. The fraction of sp³-hybridized carbons (Fsp3) is 0.280. The molecule has 4 heterocycles. The monoisotopic (exact) mass is 454 g/mol. The van der Waals surface area contributed by atoms with Gasteiger partial charge in [-0.2, -0.15) is 0 Å². The number of anilines is 1. The van der Waals surface area contributed by atoms with Gasteiger partial charge in [-0.15, -0.1) is 0 Å². The SMILES string of the molecule is Cc1cc2c3c(cn(Cc4nc5cc6c(cc5[nH]4)CC4(C6)C(=O)NC(=O)N4C)c3c1)CC(=O)N2. The van der Waals surface area contributed by atoms with E-state index in [4.69, 9.17) is 4.98 Å². The van der Waals surface area contributed by atoms with E-state index < -0.39 is 5.54 Å². The van der Waals surface area contributed by atoms with E-state index in [1.165, 1.54) is 4.90 Å². The summed E-state index contributed by atoms with van der Waals surface area (Å²) in [7, 11) is 1.68. The van der Waals surface area contributed by atoms with Crippen molar-refractivity contribution in [2.24, 2.45) is 0 Å². The Morgan fingerprint density at radius 3 is 2.59 bits per heavy atom. The molecule has 34 heavy (non-hydrogen) atoms. The van der Waals surface area contributed by atoms with E-state index in [1.54, 1.807) is 7.05 Å². The third kappa shape index (κ3) is 2.49. The Morgan fingerprint density at radius 1 is 1.03 bits per heavy atom. The molecule has 0 saturated carbocycles. The highest BCUT2D eigenvalue weighted by atomic mass is 16.2. The molecule has 2 aromatic carbocycles. The summed E-state index contributed by atoms with van der Waals surface area (Å²) in [4.78, 5) is 46.5. The lowest BCUT2D eigenvalue weighted by atomic mass is 9.95. The van der Waals surface area contributed by atoms with Gasteiger partial charge in [0.05, 0.1) is 35.2 Å². The van der Waals surface area contributed by atoms with Crippen LogP contribution in [0, 0.1) is 6.92 Å². The van der Waals surface area contributed by atoms with Crippen LogP contribution >= 0.6 is 0 Å². The van der Waals surface area contributed by atoms with Crippen molar-refractivity contribution in [1.82, 2.24) is 24.8 Å². The lowest BCUT2D eigenvalue weighted by molar-refractivity contribution is -0.125. The Bertz CT molecular complexity index is 1570. The summed E-state index contributed by atoms with van der Waals surface area (Å²) in [5.41, 5.74) is 7.09. The number of likely N-dealkylation sites (N-methyl/N-ethyl adjacent to an activating group) is 1. The van der Waals surface area contributed by atoms with Crippen molar-refractivity contribution in [2.75, 3.05) is 12.4 Å². The van der Waals surface area contributed by atoms with Crippen LogP contribution < -0.4 is 10.6 Å². The zero-order chi connectivity index (χ0) is 23.4. The van der Waals surface area contributed by atoms with Crippen LogP contribution in [0.5, 0.6) is 0 Å². The van der Waals surface area contributed by atoms with Crippen molar-refractivity contribution < 1.29 is 14.4 Å². The lowest BCUT2D eigenvalue weighted by Crippen LogP contribution is -2.48. The zero-order valence-electron chi connectivity index (χ0n) is 18.8. The smallest absolute Gasteiger partial charge is 0.324 e. The van der Waals surface area contributed by atoms with Gasteiger partial charge in [-0.1, -0.05) is 0 Å². The van der Waals surface area contributed by atoms with Gasteiger partial charge in [0.25, 0.3) is 5.91 Å². The molecule has 4 amide bonds. The highest BCUT2D eigenvalue weighted by Crippen LogP contribution is 2.39. The molecular formula is C25H22N6O3. The average molecular weight is 454 g/mol. The van der Waals surface area contributed by atoms with Crippen LogP contribution in [0.2, 0.25) is 0 Å². The van der Waals surface area contributed by atoms with E-state index >= 15 is 0 Å². The summed E-state index contributed by atoms with van der Waals surface area (Å²) in [5, 5.41) is 6.52. The molecule has 9 nitrogen and oxygen atoms in total. The molecule has 1 saturated heterocycles. The molecule has 3 aliphatic rings. The molecule has 7 rings (SSSR count). The molecule has 0 bridgehead atoms. The van der Waals surface area contributed by atoms with Gasteiger partial charge >= 0.3 is 6.03 Å². The minimum absolute atomic E-state index is 0.0106. The topological polar surface area (TPSA) is 112 Å². The number of aromatic amines is 1. The van der Waals surface area contributed by atoms with E-state index in [-0.39, 0.29) is 17.8 Å². The molecule has 9 heteroatoms. The summed E-state index contributed by atoms with van der Waals surface area (Å²) in [5.74, 6) is 0.601. The number of imide groups is 1. The number of imidazole rings is 1. The van der Waals surface area contributed by atoms with E-state index in [2.05, 4.69) is 38.5 Å². The summed E-state index contributed by atoms with van der Waals surface area (Å²) >= 11 is 0. The fourth-order valence-electron chi connectivity index (χ4n) is 5.88. The second-order valence-corrected chi connectivity index (χ2v) is 9.74. The number of hydrogen-bond donors (Lipinski definition) is 3. The van der Waals surface area contributed by atoms with Crippen LogP contribution in [-0.2, 0) is 35.4 Å². The number of carbonyl (C=O) groups is 3. The second-order valence-electron chi connectivity index (χ2n) is 9.74. The first-order chi connectivity index (χ1) is 16.3. The van der Waals surface area contributed by atoms with Crippen molar-refractivity contribution in [2.45, 2.75) is 38.3 Å². The quantitative estimate of drug-likeness (QED) is 0.404. The summed E-state index contributed by atoms with van der Waals surface area (Å²) in [6.07, 6.45) is 3.41. The van der Waals surface area contributed by atoms with Gasteiger partial charge in [0.15, 0.2) is 0 Å². The number of benzene rings is 2. The molecule has 1 fully saturated rings. The standard InChI is InChI=1S/C25H22N6O3/c1-12-3-18-22-15(7-21(32)28-18)10-31(19(22)4-12)11-20-26-16-5-13-8-25(9-14(13)6-17(16)27-20)23(33)29-24(34)30(25)2/h3-6,10H,7-9,11H2,1-2H3,(H,26,27)(H,28,32)(H,29,33,34). The highest BCUT2D eigenvalue weighted by Gasteiger charge is 2.54. The summed E-state index contributed by atoms with van der Waals surface area (Å²) < 4.78 is 2.14. The van der Waals surface area contributed by atoms with E-state index in [0.29, 0.717) is 25.8 Å². The third-order valence-corrected chi connectivity index (χ3v) is 7.56. The molecule has 1 spiro atoms. The van der Waals surface area contributed by atoms with E-state index in [9.17, 15) is 14.4 Å². The first-order valence-corrected chi connectivity index (χ1v) is 11.3. The van der Waals surface area contributed by atoms with Crippen molar-refractivity contribution in [1.29, 1.82) is 0 Å². The number of nitrogens with zero attached hydrogens (tertiary/aromatic N) is 3. The minimum Gasteiger partial charge on any atom is -0.340 e. The van der Waals surface area contributed by atoms with Crippen LogP contribution in [0.4, 0.5) is 10.5 Å². The molecule has 1 unspecified atom stereocenters. The molecule has 3 N–H and O–H groups in total. The normalized spacial score (nSPS) is 18.3. The first-order valence-electron chi connectivity index (χ1n) is 11.3. The van der Waals surface area contributed by atoms with Crippen LogP contribution in [0.3, 0.4) is 0 Å². The van der Waals surface area contributed by atoms with Crippen LogP contribution in [0.25, 0.3) is 21.9 Å². The Kier molecular flexibility index (Phi) is 3.56. The first kappa shape index (κ1) is 19.3. The summed E-state index contributed by atoms with van der Waals surface area (Å²) in [6.45, 7) is 2.58. The number of aromatic nitrogens is 3. The Labute approximate surface area is 194 Å². The molecular weight excluding hydrogens is 432 g/mol. The van der Waals surface area contributed by atoms with E-state index in [0.717, 1.165) is 55.7 Å². The number of fused-ring (bicyclic) bond motifs is 2. The zero-order valence-corrected chi connectivity index (χ0v) is 18.8. The number of amides is 4. The van der Waals surface area contributed by atoms with Crippen molar-refractivity contribution >= 4 is 45.5 Å². The van der Waals surface area contributed by atoms with Crippen molar-refractivity contribution in [3.8, 4) is 0 Å². The van der Waals surface area contributed by atoms with Gasteiger partial charge in [-0.25, -0.2) is 9.78 Å². The Balaban J connectivity index is 1.25. The van der Waals surface area contributed by atoms with Crippen LogP contribution in [0.15, 0.2) is 30.5 Å². The molecule has 2 aliphatic heterocycles. The predicted octanol–water partition coefficient (Wildman–Crippen LogP) is 2.39. The Morgan fingerprint density at radius 2 is 1.82 bits per heavy atom. The number of hydrogen-bond acceptors (Lipinski definition) is 4. The predicted molar refractivity (Wildman–Crippen MR) is 126 cm³/mol. The second kappa shape index (κ2) is 6.25. The van der Waals surface area contributed by atoms with Crippen molar-refractivity contribution in [3.05, 3.63) is 58.5 Å². The van der Waals surface area contributed by atoms with Gasteiger partial charge < -0.3 is 19.8 Å². The molecule has 1 atom stereocenters. The van der Waals surface area contributed by atoms with Gasteiger partial charge in [0.1, 0.15) is 11.4 Å². The molecule has 1 aliphatic carbocycles. The molecule has 0 radical (unpaired) electrons. The van der Waals surface area contributed by atoms with Gasteiger partial charge in [0, 0.05) is 31.5 Å². The maximum Gasteiger partial charge on any atom is 0.324 e. The summed E-state index contributed by atoms with van der Waals surface area (Å²) in [6, 6.07) is 7.89. The van der Waals surface area contributed by atoms with E-state index in [1.807, 2.05) is 19.1 Å². The molecule has 170 valence electrons. The largest absolute Gasteiger partial charge is 0.340 e. The lowest BCUT2D eigenvalue weighted by Gasteiger charge is -2.27. The number of urea groups is 1. The number of nitrogens with one attached hydrogen (secondary N) is 3. The highest BCUT2D eigenvalue weighted by molar-refractivity contribution is 6.09. The fourth-order valence-corrected chi connectivity index (χ4v) is 5.88. The molecule has 2 aromatic heterocycles. The van der Waals surface area contributed by atoms with Crippen LogP contribution in [-0.4, -0.2) is 49.9 Å². The van der Waals surface area contributed by atoms with Crippen LogP contribution in [0.1, 0.15) is 28.1 Å². The average Bonchev–Trinajstić information content (AvgIpc) is 3.48. The number of rotatable bonds is 2. The molecule has 4 aromatic rings. The minimum atomic E-state index is -0.838. The van der Waals surface area contributed by atoms with Gasteiger partial charge in [-0.3, -0.25) is 14.9 Å². The Hall–Kier alpha value is -4.14. The van der Waals surface area contributed by atoms with Crippen molar-refractivity contribution in [3.63, 3.8) is 0 Å². The number of carbonyl (C=O) groups excluding carboxylic acids is 3. The maximum absolute atomic E-state index is 12.6. The number of aryl methyl sites for hydroxylation is 1.